The van der Waals surface area contributed by atoms with Crippen LogP contribution in [0.15, 0.2) is 0 Å². The van der Waals surface area contributed by atoms with Crippen molar-refractivity contribution in [3.05, 3.63) is 27.4 Å². The third kappa shape index (κ3) is 1.38. The molecule has 0 fully saturated rings. The standard InChI is InChI=1S/C10H10N2O/c1-6-9(4-11)7(2)12-8(3)10(6)5-13/h5,13H,1H2,2-3H3/b10-5-. The molecule has 0 aliphatic rings. The van der Waals surface area contributed by atoms with Gasteiger partial charge in [-0.2, -0.15) is 5.26 Å². The first-order valence-corrected chi connectivity index (χ1v) is 3.82. The van der Waals surface area contributed by atoms with Gasteiger partial charge >= 0.3 is 0 Å². The van der Waals surface area contributed by atoms with Crippen LogP contribution in [0.2, 0.25) is 0 Å². The number of aliphatic hydroxyl groups is 1. The van der Waals surface area contributed by atoms with Gasteiger partial charge in [-0.25, -0.2) is 0 Å². The second-order valence-corrected chi connectivity index (χ2v) is 2.79. The molecule has 1 N–H and O–H groups in total. The smallest absolute Gasteiger partial charge is 0.102 e. The van der Waals surface area contributed by atoms with Crippen LogP contribution in [-0.4, -0.2) is 10.1 Å². The van der Waals surface area contributed by atoms with Crippen LogP contribution in [0, 0.1) is 25.2 Å². The van der Waals surface area contributed by atoms with Gasteiger partial charge in [0.05, 0.1) is 17.5 Å². The fourth-order valence-corrected chi connectivity index (χ4v) is 1.26. The second kappa shape index (κ2) is 3.28. The second-order valence-electron chi connectivity index (χ2n) is 2.79. The van der Waals surface area contributed by atoms with E-state index in [2.05, 4.69) is 11.6 Å². The molecule has 3 nitrogen and oxygen atoms in total. The van der Waals surface area contributed by atoms with Crippen LogP contribution in [0.25, 0.3) is 12.8 Å². The molecule has 0 bridgehead atoms. The van der Waals surface area contributed by atoms with Crippen molar-refractivity contribution in [2.75, 3.05) is 0 Å². The van der Waals surface area contributed by atoms with E-state index in [4.69, 9.17) is 10.4 Å². The fraction of sp³-hybridized carbons (Fsp3) is 0.200. The predicted molar refractivity (Wildman–Crippen MR) is 50.3 cm³/mol. The molecule has 1 heterocycles. The summed E-state index contributed by atoms with van der Waals surface area (Å²) in [6, 6.07) is 2.01. The summed E-state index contributed by atoms with van der Waals surface area (Å²) in [7, 11) is 0. The molecular formula is C10H10N2O. The Morgan fingerprint density at radius 2 is 2.08 bits per heavy atom. The van der Waals surface area contributed by atoms with E-state index < -0.39 is 0 Å². The maximum Gasteiger partial charge on any atom is 0.102 e. The predicted octanol–water partition coefficient (Wildman–Crippen LogP) is 0.276. The van der Waals surface area contributed by atoms with Crippen molar-refractivity contribution in [2.45, 2.75) is 13.8 Å². The fourth-order valence-electron chi connectivity index (χ4n) is 1.26. The van der Waals surface area contributed by atoms with Crippen molar-refractivity contribution in [2.24, 2.45) is 0 Å². The summed E-state index contributed by atoms with van der Waals surface area (Å²) in [5, 5.41) is 18.7. The first kappa shape index (κ1) is 9.27. The number of hydrogen-bond acceptors (Lipinski definition) is 3. The normalized spacial score (nSPS) is 11.3. The first-order valence-electron chi connectivity index (χ1n) is 3.82. The van der Waals surface area contributed by atoms with E-state index in [1.807, 2.05) is 6.07 Å². The molecule has 0 spiro atoms. The Balaban J connectivity index is 3.83. The van der Waals surface area contributed by atoms with E-state index in [1.165, 1.54) is 0 Å². The van der Waals surface area contributed by atoms with Gasteiger partial charge in [-0.05, 0) is 19.1 Å². The maximum atomic E-state index is 8.90. The van der Waals surface area contributed by atoms with Crippen LogP contribution in [0.3, 0.4) is 0 Å². The van der Waals surface area contributed by atoms with Gasteiger partial charge in [0, 0.05) is 10.9 Å². The van der Waals surface area contributed by atoms with Gasteiger partial charge in [0.15, 0.2) is 0 Å². The summed E-state index contributed by atoms with van der Waals surface area (Å²) in [6.07, 6.45) is 0.935. The van der Waals surface area contributed by atoms with Gasteiger partial charge in [0.2, 0.25) is 0 Å². The number of pyridine rings is 1. The molecule has 1 aromatic heterocycles. The largest absolute Gasteiger partial charge is 0.515 e. The monoisotopic (exact) mass is 174 g/mol. The quantitative estimate of drug-likeness (QED) is 0.614. The Morgan fingerprint density at radius 1 is 1.46 bits per heavy atom. The van der Waals surface area contributed by atoms with Gasteiger partial charge < -0.3 is 5.11 Å². The average Bonchev–Trinajstić information content (AvgIpc) is 2.04. The van der Waals surface area contributed by atoms with Crippen LogP contribution >= 0.6 is 0 Å². The van der Waals surface area contributed by atoms with E-state index in [1.54, 1.807) is 13.8 Å². The van der Waals surface area contributed by atoms with Crippen molar-refractivity contribution in [1.82, 2.24) is 4.98 Å². The van der Waals surface area contributed by atoms with E-state index in [0.717, 1.165) is 6.26 Å². The molecule has 1 aromatic rings. The zero-order chi connectivity index (χ0) is 10.0. The Hall–Kier alpha value is -1.82. The minimum absolute atomic E-state index is 0.436. The van der Waals surface area contributed by atoms with Crippen molar-refractivity contribution in [1.29, 1.82) is 5.26 Å². The zero-order valence-corrected chi connectivity index (χ0v) is 7.63. The molecular weight excluding hydrogens is 164 g/mol. The molecule has 0 saturated carbocycles. The van der Waals surface area contributed by atoms with Crippen LogP contribution in [0.4, 0.5) is 0 Å². The zero-order valence-electron chi connectivity index (χ0n) is 7.63. The highest BCUT2D eigenvalue weighted by atomic mass is 16.2. The van der Waals surface area contributed by atoms with E-state index in [-0.39, 0.29) is 0 Å². The van der Waals surface area contributed by atoms with Crippen LogP contribution in [0.5, 0.6) is 0 Å². The molecule has 0 aliphatic carbocycles. The molecule has 0 aliphatic heterocycles. The summed E-state index contributed by atoms with van der Waals surface area (Å²) < 4.78 is 0. The minimum atomic E-state index is 0.436. The molecule has 0 atom stereocenters. The molecule has 0 aromatic carbocycles. The lowest BCUT2D eigenvalue weighted by atomic mass is 10.1. The lowest BCUT2D eigenvalue weighted by Gasteiger charge is -2.00. The summed E-state index contributed by atoms with van der Waals surface area (Å²) in [5.41, 5.74) is 1.77. The number of aryl methyl sites for hydroxylation is 2. The van der Waals surface area contributed by atoms with E-state index >= 15 is 0 Å². The number of aromatic nitrogens is 1. The topological polar surface area (TPSA) is 56.9 Å². The van der Waals surface area contributed by atoms with Crippen molar-refractivity contribution in [3.8, 4) is 6.07 Å². The third-order valence-corrected chi connectivity index (χ3v) is 1.95. The van der Waals surface area contributed by atoms with Gasteiger partial charge in [0.1, 0.15) is 6.07 Å². The molecule has 13 heavy (non-hydrogen) atoms. The third-order valence-electron chi connectivity index (χ3n) is 1.95. The molecule has 0 saturated heterocycles. The van der Waals surface area contributed by atoms with Crippen molar-refractivity contribution in [3.63, 3.8) is 0 Å². The lowest BCUT2D eigenvalue weighted by Crippen LogP contribution is -2.31. The SMILES string of the molecule is C=c1c(C#N)c(C)nc(C)/c1=C\O. The molecule has 3 heteroatoms. The molecule has 0 unspecified atom stereocenters. The van der Waals surface area contributed by atoms with E-state index in [0.29, 0.717) is 27.4 Å². The Morgan fingerprint density at radius 3 is 2.54 bits per heavy atom. The minimum Gasteiger partial charge on any atom is -0.515 e. The maximum absolute atomic E-state index is 8.90. The van der Waals surface area contributed by atoms with Crippen LogP contribution in [-0.2, 0) is 0 Å². The lowest BCUT2D eigenvalue weighted by molar-refractivity contribution is 0.539. The highest BCUT2D eigenvalue weighted by molar-refractivity contribution is 5.39. The number of nitrogens with zero attached hydrogens (tertiary/aromatic N) is 2. The van der Waals surface area contributed by atoms with Crippen LogP contribution in [0.1, 0.15) is 17.0 Å². The highest BCUT2D eigenvalue weighted by Gasteiger charge is 2.03. The number of hydrogen-bond donors (Lipinski definition) is 1. The first-order chi connectivity index (χ1) is 6.11. The van der Waals surface area contributed by atoms with Crippen molar-refractivity contribution >= 4 is 12.8 Å². The Kier molecular flexibility index (Phi) is 2.34. The van der Waals surface area contributed by atoms with Crippen molar-refractivity contribution < 1.29 is 5.11 Å². The average molecular weight is 174 g/mol. The molecule has 0 amide bonds. The number of aliphatic hydroxyl groups excluding tert-OH is 1. The summed E-state index contributed by atoms with van der Waals surface area (Å²) >= 11 is 0. The van der Waals surface area contributed by atoms with Crippen LogP contribution < -0.4 is 10.4 Å². The molecule has 0 radical (unpaired) electrons. The van der Waals surface area contributed by atoms with Gasteiger partial charge in [-0.15, -0.1) is 0 Å². The summed E-state index contributed by atoms with van der Waals surface area (Å²) in [5.74, 6) is 0. The molecule has 1 rings (SSSR count). The Labute approximate surface area is 76.3 Å². The summed E-state index contributed by atoms with van der Waals surface area (Å²) in [6.45, 7) is 7.25. The van der Waals surface area contributed by atoms with Gasteiger partial charge in [-0.3, -0.25) is 4.98 Å². The van der Waals surface area contributed by atoms with E-state index in [9.17, 15) is 0 Å². The highest BCUT2D eigenvalue weighted by Crippen LogP contribution is 1.94. The number of nitriles is 1. The molecule has 66 valence electrons. The van der Waals surface area contributed by atoms with Gasteiger partial charge in [-0.1, -0.05) is 6.58 Å². The Bertz CT molecular complexity index is 483. The summed E-state index contributed by atoms with van der Waals surface area (Å²) in [4.78, 5) is 4.12. The van der Waals surface area contributed by atoms with Gasteiger partial charge in [0.25, 0.3) is 0 Å². The number of rotatable bonds is 0.